The Bertz CT molecular complexity index is 745. The summed E-state index contributed by atoms with van der Waals surface area (Å²) >= 11 is 0. The maximum atomic E-state index is 13.0. The zero-order valence-corrected chi connectivity index (χ0v) is 18.9. The van der Waals surface area contributed by atoms with E-state index in [-0.39, 0.29) is 11.7 Å². The molecule has 1 aromatic carbocycles. The molecule has 0 radical (unpaired) electrons. The number of hydrogen-bond acceptors (Lipinski definition) is 3. The minimum absolute atomic E-state index is 0.244. The SMILES string of the molecule is CN(CC12CC3CC(CC(C3)C1)C2)C1CCC(=O)N(CCOc2ccc(F)cc2)CC1. The Kier molecular flexibility index (Phi) is 5.98. The number of carbonyl (C=O) groups is 1. The number of carbonyl (C=O) groups excluding carboxylic acids is 1. The average molecular weight is 429 g/mol. The zero-order chi connectivity index (χ0) is 21.4. The van der Waals surface area contributed by atoms with Gasteiger partial charge in [-0.2, -0.15) is 0 Å². The molecule has 31 heavy (non-hydrogen) atoms. The number of likely N-dealkylation sites (tertiary alicyclic amines) is 1. The predicted molar refractivity (Wildman–Crippen MR) is 119 cm³/mol. The molecule has 1 aromatic rings. The summed E-state index contributed by atoms with van der Waals surface area (Å²) in [4.78, 5) is 17.3. The maximum absolute atomic E-state index is 13.0. The van der Waals surface area contributed by atoms with E-state index in [0.29, 0.717) is 36.8 Å². The molecule has 1 unspecified atom stereocenters. The topological polar surface area (TPSA) is 32.8 Å². The van der Waals surface area contributed by atoms with Crippen molar-refractivity contribution in [2.75, 3.05) is 33.3 Å². The van der Waals surface area contributed by atoms with Crippen molar-refractivity contribution < 1.29 is 13.9 Å². The van der Waals surface area contributed by atoms with E-state index in [0.717, 1.165) is 37.1 Å². The van der Waals surface area contributed by atoms with Gasteiger partial charge in [0.1, 0.15) is 18.2 Å². The third-order valence-corrected chi connectivity index (χ3v) is 8.59. The summed E-state index contributed by atoms with van der Waals surface area (Å²) < 4.78 is 18.7. The minimum Gasteiger partial charge on any atom is -0.492 e. The molecule has 1 heterocycles. The van der Waals surface area contributed by atoms with Crippen LogP contribution in [0.5, 0.6) is 5.75 Å². The molecule has 1 saturated heterocycles. The molecule has 4 bridgehead atoms. The Morgan fingerprint density at radius 2 is 1.71 bits per heavy atom. The summed E-state index contributed by atoms with van der Waals surface area (Å²) in [7, 11) is 2.31. The molecule has 5 aliphatic rings. The van der Waals surface area contributed by atoms with Crippen LogP contribution in [-0.4, -0.2) is 55.0 Å². The standard InChI is InChI=1S/C26H37FN2O2/c1-28(18-26-15-19-12-20(16-26)14-21(13-19)17-26)23-4-7-25(30)29(9-8-23)10-11-31-24-5-2-22(27)3-6-24/h2-3,5-6,19-21,23H,4,7-18H2,1H3. The molecular formula is C26H37FN2O2. The molecule has 1 aliphatic heterocycles. The van der Waals surface area contributed by atoms with Crippen LogP contribution in [-0.2, 0) is 4.79 Å². The van der Waals surface area contributed by atoms with Gasteiger partial charge in [-0.15, -0.1) is 0 Å². The Hall–Kier alpha value is -1.62. The molecular weight excluding hydrogens is 391 g/mol. The highest BCUT2D eigenvalue weighted by atomic mass is 19.1. The van der Waals surface area contributed by atoms with Crippen molar-refractivity contribution in [3.63, 3.8) is 0 Å². The van der Waals surface area contributed by atoms with Crippen LogP contribution >= 0.6 is 0 Å². The number of rotatable bonds is 7. The van der Waals surface area contributed by atoms with Gasteiger partial charge in [0.15, 0.2) is 0 Å². The molecule has 5 heteroatoms. The monoisotopic (exact) mass is 428 g/mol. The van der Waals surface area contributed by atoms with E-state index in [1.54, 1.807) is 12.1 Å². The van der Waals surface area contributed by atoms with Gasteiger partial charge in [-0.05, 0) is 106 Å². The molecule has 5 fully saturated rings. The fraction of sp³-hybridized carbons (Fsp3) is 0.731. The number of halogens is 1. The molecule has 1 amide bonds. The molecule has 170 valence electrons. The Labute approximate surface area is 186 Å². The quantitative estimate of drug-likeness (QED) is 0.629. The maximum Gasteiger partial charge on any atom is 0.222 e. The molecule has 4 aliphatic carbocycles. The van der Waals surface area contributed by atoms with Crippen molar-refractivity contribution in [1.82, 2.24) is 9.80 Å². The normalized spacial score (nSPS) is 34.9. The highest BCUT2D eigenvalue weighted by Gasteiger charge is 2.51. The molecule has 1 atom stereocenters. The molecule has 6 rings (SSSR count). The molecule has 4 saturated carbocycles. The Morgan fingerprint density at radius 1 is 1.06 bits per heavy atom. The second-order valence-electron chi connectivity index (χ2n) is 11.0. The van der Waals surface area contributed by atoms with Crippen LogP contribution in [0.15, 0.2) is 24.3 Å². The first kappa shape index (κ1) is 21.2. The number of benzene rings is 1. The van der Waals surface area contributed by atoms with Crippen LogP contribution in [0.25, 0.3) is 0 Å². The van der Waals surface area contributed by atoms with Crippen molar-refractivity contribution in [2.45, 2.75) is 63.8 Å². The lowest BCUT2D eigenvalue weighted by Gasteiger charge is -2.58. The fourth-order valence-electron chi connectivity index (χ4n) is 7.65. The molecule has 4 nitrogen and oxygen atoms in total. The first-order valence-electron chi connectivity index (χ1n) is 12.3. The first-order valence-corrected chi connectivity index (χ1v) is 12.3. The zero-order valence-electron chi connectivity index (χ0n) is 18.9. The van der Waals surface area contributed by atoms with Gasteiger partial charge < -0.3 is 14.5 Å². The van der Waals surface area contributed by atoms with Gasteiger partial charge in [0.25, 0.3) is 0 Å². The van der Waals surface area contributed by atoms with E-state index in [2.05, 4.69) is 11.9 Å². The second kappa shape index (κ2) is 8.73. The Morgan fingerprint density at radius 3 is 2.35 bits per heavy atom. The number of ether oxygens (including phenoxy) is 1. The lowest BCUT2D eigenvalue weighted by atomic mass is 9.49. The van der Waals surface area contributed by atoms with Crippen LogP contribution in [0.3, 0.4) is 0 Å². The summed E-state index contributed by atoms with van der Waals surface area (Å²) in [6.45, 7) is 3.08. The van der Waals surface area contributed by atoms with Gasteiger partial charge in [-0.1, -0.05) is 0 Å². The van der Waals surface area contributed by atoms with E-state index < -0.39 is 0 Å². The van der Waals surface area contributed by atoms with Crippen molar-refractivity contribution in [3.8, 4) is 5.75 Å². The second-order valence-corrected chi connectivity index (χ2v) is 11.0. The molecule has 0 N–H and O–H groups in total. The summed E-state index contributed by atoms with van der Waals surface area (Å²) in [5, 5.41) is 0. The third kappa shape index (κ3) is 4.76. The largest absolute Gasteiger partial charge is 0.492 e. The predicted octanol–water partition coefficient (Wildman–Crippen LogP) is 4.73. The highest BCUT2D eigenvalue weighted by Crippen LogP contribution is 2.60. The lowest BCUT2D eigenvalue weighted by Crippen LogP contribution is -2.52. The van der Waals surface area contributed by atoms with E-state index in [1.165, 1.54) is 57.2 Å². The van der Waals surface area contributed by atoms with E-state index in [4.69, 9.17) is 4.74 Å². The van der Waals surface area contributed by atoms with Gasteiger partial charge in [0.05, 0.1) is 6.54 Å². The van der Waals surface area contributed by atoms with Crippen molar-refractivity contribution in [3.05, 3.63) is 30.1 Å². The highest BCUT2D eigenvalue weighted by molar-refractivity contribution is 5.76. The lowest BCUT2D eigenvalue weighted by molar-refractivity contribution is -0.131. The molecule has 0 aromatic heterocycles. The van der Waals surface area contributed by atoms with Crippen LogP contribution < -0.4 is 4.74 Å². The van der Waals surface area contributed by atoms with Gasteiger partial charge in [0, 0.05) is 25.6 Å². The van der Waals surface area contributed by atoms with E-state index in [9.17, 15) is 9.18 Å². The summed E-state index contributed by atoms with van der Waals surface area (Å²) in [5.41, 5.74) is 0.558. The van der Waals surface area contributed by atoms with Gasteiger partial charge in [-0.3, -0.25) is 4.79 Å². The van der Waals surface area contributed by atoms with Crippen molar-refractivity contribution >= 4 is 5.91 Å². The van der Waals surface area contributed by atoms with Crippen LogP contribution in [0, 0.1) is 29.0 Å². The first-order chi connectivity index (χ1) is 15.0. The third-order valence-electron chi connectivity index (χ3n) is 8.59. The van der Waals surface area contributed by atoms with Crippen LogP contribution in [0.2, 0.25) is 0 Å². The van der Waals surface area contributed by atoms with E-state index >= 15 is 0 Å². The average Bonchev–Trinajstić information content (AvgIpc) is 2.90. The van der Waals surface area contributed by atoms with Gasteiger partial charge >= 0.3 is 0 Å². The van der Waals surface area contributed by atoms with E-state index in [1.807, 2.05) is 4.90 Å². The molecule has 0 spiro atoms. The van der Waals surface area contributed by atoms with Gasteiger partial charge in [0.2, 0.25) is 5.91 Å². The van der Waals surface area contributed by atoms with Crippen LogP contribution in [0.4, 0.5) is 4.39 Å². The smallest absolute Gasteiger partial charge is 0.222 e. The fourth-order valence-corrected chi connectivity index (χ4v) is 7.65. The van der Waals surface area contributed by atoms with Crippen molar-refractivity contribution in [1.29, 1.82) is 0 Å². The number of hydrogen-bond donors (Lipinski definition) is 0. The Balaban J connectivity index is 1.12. The minimum atomic E-state index is -0.265. The van der Waals surface area contributed by atoms with Crippen LogP contribution in [0.1, 0.15) is 57.8 Å². The number of nitrogens with zero attached hydrogens (tertiary/aromatic N) is 2. The van der Waals surface area contributed by atoms with Gasteiger partial charge in [-0.25, -0.2) is 4.39 Å². The summed E-state index contributed by atoms with van der Waals surface area (Å²) in [5.74, 6) is 3.61. The summed E-state index contributed by atoms with van der Waals surface area (Å²) in [6.07, 6.45) is 11.5. The number of amides is 1. The van der Waals surface area contributed by atoms with Crippen molar-refractivity contribution in [2.24, 2.45) is 23.2 Å². The summed E-state index contributed by atoms with van der Waals surface area (Å²) in [6, 6.07) is 6.57.